The van der Waals surface area contributed by atoms with Crippen LogP contribution in [0.3, 0.4) is 0 Å². The molecule has 0 spiro atoms. The molecule has 0 aliphatic heterocycles. The van der Waals surface area contributed by atoms with Crippen molar-refractivity contribution < 1.29 is 35.8 Å². The van der Waals surface area contributed by atoms with Gasteiger partial charge in [-0.25, -0.2) is 4.39 Å². The second-order valence-electron chi connectivity index (χ2n) is 4.76. The quantitative estimate of drug-likeness (QED) is 0.787. The van der Waals surface area contributed by atoms with Gasteiger partial charge in [-0.1, -0.05) is 23.7 Å². The standard InChI is InChI=1S/C12H10ClF7O/c1-9(21,7-3-2-4-8(13)5-7)6-10(14,11(15,16)17)12(18,19)20/h2-5,21H,6H2,1H3. The summed E-state index contributed by atoms with van der Waals surface area (Å²) in [4.78, 5) is 0. The predicted molar refractivity (Wildman–Crippen MR) is 61.6 cm³/mol. The molecule has 21 heavy (non-hydrogen) atoms. The molecule has 0 aromatic heterocycles. The highest BCUT2D eigenvalue weighted by atomic mass is 35.5. The van der Waals surface area contributed by atoms with E-state index < -0.39 is 30.0 Å². The van der Waals surface area contributed by atoms with Crippen molar-refractivity contribution in [2.45, 2.75) is 37.0 Å². The van der Waals surface area contributed by atoms with Gasteiger partial charge in [0.05, 0.1) is 5.60 Å². The Balaban J connectivity index is 3.26. The fourth-order valence-corrected chi connectivity index (χ4v) is 1.95. The van der Waals surface area contributed by atoms with Crippen LogP contribution in [0.2, 0.25) is 5.02 Å². The third kappa shape index (κ3) is 3.60. The first-order chi connectivity index (χ1) is 9.21. The van der Waals surface area contributed by atoms with Crippen molar-refractivity contribution in [1.82, 2.24) is 0 Å². The highest BCUT2D eigenvalue weighted by Gasteiger charge is 2.73. The van der Waals surface area contributed by atoms with Crippen LogP contribution in [-0.2, 0) is 5.60 Å². The van der Waals surface area contributed by atoms with E-state index in [9.17, 15) is 35.8 Å². The van der Waals surface area contributed by atoms with Gasteiger partial charge in [-0.15, -0.1) is 0 Å². The topological polar surface area (TPSA) is 20.2 Å². The number of hydrogen-bond donors (Lipinski definition) is 1. The maximum atomic E-state index is 13.6. The Hall–Kier alpha value is -1.02. The van der Waals surface area contributed by atoms with Crippen molar-refractivity contribution in [1.29, 1.82) is 0 Å². The molecule has 1 atom stereocenters. The first-order valence-electron chi connectivity index (χ1n) is 5.51. The largest absolute Gasteiger partial charge is 0.431 e. The van der Waals surface area contributed by atoms with Gasteiger partial charge in [0.15, 0.2) is 0 Å². The normalized spacial score (nSPS) is 16.7. The van der Waals surface area contributed by atoms with Crippen molar-refractivity contribution >= 4 is 11.6 Å². The maximum absolute atomic E-state index is 13.6. The summed E-state index contributed by atoms with van der Waals surface area (Å²) >= 11 is 5.55. The second-order valence-corrected chi connectivity index (χ2v) is 5.19. The second kappa shape index (κ2) is 5.31. The van der Waals surface area contributed by atoms with Crippen LogP contribution in [0, 0.1) is 0 Å². The lowest BCUT2D eigenvalue weighted by molar-refractivity contribution is -0.352. The summed E-state index contributed by atoms with van der Waals surface area (Å²) in [5.74, 6) is 0. The van der Waals surface area contributed by atoms with Crippen LogP contribution < -0.4 is 0 Å². The molecule has 1 unspecified atom stereocenters. The molecule has 0 radical (unpaired) electrons. The Morgan fingerprint density at radius 3 is 1.86 bits per heavy atom. The van der Waals surface area contributed by atoms with Crippen LogP contribution in [0.4, 0.5) is 30.7 Å². The van der Waals surface area contributed by atoms with E-state index in [0.717, 1.165) is 12.1 Å². The molecule has 0 aliphatic carbocycles. The summed E-state index contributed by atoms with van der Waals surface area (Å²) in [6, 6.07) is 4.54. The van der Waals surface area contributed by atoms with Crippen LogP contribution in [-0.4, -0.2) is 23.1 Å². The van der Waals surface area contributed by atoms with E-state index in [1.165, 1.54) is 12.1 Å². The summed E-state index contributed by atoms with van der Waals surface area (Å²) in [5.41, 5.74) is -8.61. The molecule has 120 valence electrons. The average Bonchev–Trinajstić information content (AvgIpc) is 2.25. The van der Waals surface area contributed by atoms with Crippen LogP contribution >= 0.6 is 11.6 Å². The van der Waals surface area contributed by atoms with Gasteiger partial charge in [0.2, 0.25) is 0 Å². The zero-order valence-corrected chi connectivity index (χ0v) is 11.2. The highest BCUT2D eigenvalue weighted by Crippen LogP contribution is 2.51. The first-order valence-corrected chi connectivity index (χ1v) is 5.89. The number of rotatable bonds is 3. The summed E-state index contributed by atoms with van der Waals surface area (Å²) < 4.78 is 88.6. The summed E-state index contributed by atoms with van der Waals surface area (Å²) in [6.45, 7) is 0.657. The molecule has 0 heterocycles. The molecule has 1 N–H and O–H groups in total. The molecule has 1 aromatic rings. The lowest BCUT2D eigenvalue weighted by Crippen LogP contribution is -2.56. The van der Waals surface area contributed by atoms with Gasteiger partial charge in [0.25, 0.3) is 0 Å². The minimum Gasteiger partial charge on any atom is -0.385 e. The molecule has 0 saturated heterocycles. The molecule has 0 amide bonds. The van der Waals surface area contributed by atoms with Crippen LogP contribution in [0.25, 0.3) is 0 Å². The summed E-state index contributed by atoms with van der Waals surface area (Å²) in [7, 11) is 0. The van der Waals surface area contributed by atoms with E-state index in [0.29, 0.717) is 6.92 Å². The predicted octanol–water partition coefficient (Wildman–Crippen LogP) is 4.77. The number of aliphatic hydroxyl groups is 1. The van der Waals surface area contributed by atoms with E-state index in [-0.39, 0.29) is 10.6 Å². The Morgan fingerprint density at radius 1 is 1.00 bits per heavy atom. The van der Waals surface area contributed by atoms with Gasteiger partial charge in [-0.2, -0.15) is 26.3 Å². The number of benzene rings is 1. The zero-order valence-electron chi connectivity index (χ0n) is 10.5. The Bertz CT molecular complexity index is 493. The molecule has 0 fully saturated rings. The van der Waals surface area contributed by atoms with Crippen molar-refractivity contribution in [3.63, 3.8) is 0 Å². The molecule has 1 aromatic carbocycles. The van der Waals surface area contributed by atoms with Gasteiger partial charge in [-0.3, -0.25) is 0 Å². The number of halogens is 8. The highest BCUT2D eigenvalue weighted by molar-refractivity contribution is 6.30. The van der Waals surface area contributed by atoms with E-state index in [1.807, 2.05) is 0 Å². The van der Waals surface area contributed by atoms with E-state index in [1.54, 1.807) is 0 Å². The van der Waals surface area contributed by atoms with Gasteiger partial charge in [0.1, 0.15) is 0 Å². The molecule has 0 bridgehead atoms. The van der Waals surface area contributed by atoms with Crippen LogP contribution in [0.15, 0.2) is 24.3 Å². The smallest absolute Gasteiger partial charge is 0.385 e. The maximum Gasteiger partial charge on any atom is 0.431 e. The Kier molecular flexibility index (Phi) is 4.56. The van der Waals surface area contributed by atoms with E-state index >= 15 is 0 Å². The zero-order chi connectivity index (χ0) is 16.7. The molecular formula is C12H10ClF7O. The lowest BCUT2D eigenvalue weighted by Gasteiger charge is -2.36. The van der Waals surface area contributed by atoms with Crippen molar-refractivity contribution in [2.24, 2.45) is 0 Å². The number of hydrogen-bond acceptors (Lipinski definition) is 1. The minimum atomic E-state index is -6.21. The van der Waals surface area contributed by atoms with Crippen molar-refractivity contribution in [3.05, 3.63) is 34.9 Å². The third-order valence-electron chi connectivity index (χ3n) is 2.93. The van der Waals surface area contributed by atoms with Crippen molar-refractivity contribution in [3.8, 4) is 0 Å². The molecule has 9 heteroatoms. The first kappa shape index (κ1) is 18.0. The minimum absolute atomic E-state index is 0.0174. The molecule has 1 nitrogen and oxygen atoms in total. The van der Waals surface area contributed by atoms with Gasteiger partial charge < -0.3 is 5.11 Å². The lowest BCUT2D eigenvalue weighted by atomic mass is 9.83. The Labute approximate surface area is 120 Å². The third-order valence-corrected chi connectivity index (χ3v) is 3.17. The summed E-state index contributed by atoms with van der Waals surface area (Å²) in [5, 5.41) is 9.86. The molecule has 0 saturated carbocycles. The fourth-order valence-electron chi connectivity index (χ4n) is 1.76. The van der Waals surface area contributed by atoms with Gasteiger partial charge >= 0.3 is 18.0 Å². The van der Waals surface area contributed by atoms with Gasteiger partial charge in [0, 0.05) is 11.4 Å². The number of alkyl halides is 7. The fraction of sp³-hybridized carbons (Fsp3) is 0.500. The summed E-state index contributed by atoms with van der Waals surface area (Å²) in [6.07, 6.45) is -14.7. The molecule has 0 aliphatic rings. The molecular weight excluding hydrogens is 329 g/mol. The molecule has 1 rings (SSSR count). The van der Waals surface area contributed by atoms with Crippen LogP contribution in [0.1, 0.15) is 18.9 Å². The van der Waals surface area contributed by atoms with E-state index in [4.69, 9.17) is 11.6 Å². The monoisotopic (exact) mass is 338 g/mol. The van der Waals surface area contributed by atoms with E-state index in [2.05, 4.69) is 0 Å². The van der Waals surface area contributed by atoms with Crippen molar-refractivity contribution in [2.75, 3.05) is 0 Å². The van der Waals surface area contributed by atoms with Gasteiger partial charge in [-0.05, 0) is 24.6 Å². The SMILES string of the molecule is CC(O)(CC(F)(C(F)(F)F)C(F)(F)F)c1cccc(Cl)c1. The Morgan fingerprint density at radius 2 is 1.48 bits per heavy atom. The van der Waals surface area contributed by atoms with Crippen LogP contribution in [0.5, 0.6) is 0 Å². The average molecular weight is 339 g/mol.